The van der Waals surface area contributed by atoms with E-state index in [4.69, 9.17) is 9.84 Å². The summed E-state index contributed by atoms with van der Waals surface area (Å²) in [5, 5.41) is 8.94. The Bertz CT molecular complexity index is 602. The van der Waals surface area contributed by atoms with E-state index in [9.17, 15) is 9.59 Å². The van der Waals surface area contributed by atoms with Crippen LogP contribution in [0.2, 0.25) is 0 Å². The minimum absolute atomic E-state index is 0.154. The smallest absolute Gasteiger partial charge is 0.330 e. The molecule has 7 heteroatoms. The quantitative estimate of drug-likeness (QED) is 0.788. The molecule has 0 aromatic carbocycles. The lowest BCUT2D eigenvalue weighted by Crippen LogP contribution is -2.33. The van der Waals surface area contributed by atoms with Crippen molar-refractivity contribution in [2.24, 2.45) is 0 Å². The van der Waals surface area contributed by atoms with Gasteiger partial charge < -0.3 is 9.84 Å². The Morgan fingerprint density at radius 3 is 2.89 bits per heavy atom. The van der Waals surface area contributed by atoms with Crippen LogP contribution in [0.4, 0.5) is 0 Å². The molecule has 2 rings (SSSR count). The van der Waals surface area contributed by atoms with Crippen LogP contribution in [0.25, 0.3) is 6.08 Å². The second-order valence-corrected chi connectivity index (χ2v) is 4.20. The first-order valence-corrected chi connectivity index (χ1v) is 6.14. The summed E-state index contributed by atoms with van der Waals surface area (Å²) in [4.78, 5) is 26.9. The first-order valence-electron chi connectivity index (χ1n) is 5.22. The van der Waals surface area contributed by atoms with Crippen LogP contribution in [-0.2, 0) is 4.74 Å². The molecule has 0 unspecified atom stereocenters. The van der Waals surface area contributed by atoms with Crippen LogP contribution >= 0.6 is 15.9 Å². The zero-order valence-electron chi connectivity index (χ0n) is 9.25. The lowest BCUT2D eigenvalue weighted by molar-refractivity contribution is -0.0103. The van der Waals surface area contributed by atoms with Gasteiger partial charge in [0, 0.05) is 6.20 Å². The third-order valence-corrected chi connectivity index (χ3v) is 2.76. The number of hydrogen-bond donors (Lipinski definition) is 2. The number of aromatic amines is 1. The molecule has 1 aromatic heterocycles. The van der Waals surface area contributed by atoms with Crippen LogP contribution in [0.15, 0.2) is 32.9 Å². The van der Waals surface area contributed by atoms with E-state index in [0.717, 1.165) is 0 Å². The molecule has 1 aliphatic heterocycles. The maximum absolute atomic E-state index is 11.7. The summed E-state index contributed by atoms with van der Waals surface area (Å²) in [6.45, 7) is -0.154. The van der Waals surface area contributed by atoms with Gasteiger partial charge in [0.1, 0.15) is 6.10 Å². The molecule has 0 bridgehead atoms. The van der Waals surface area contributed by atoms with E-state index in [1.54, 1.807) is 12.2 Å². The third-order valence-electron chi connectivity index (χ3n) is 2.50. The van der Waals surface area contributed by atoms with Crippen LogP contribution in [0.1, 0.15) is 11.8 Å². The van der Waals surface area contributed by atoms with Crippen molar-refractivity contribution in [1.29, 1.82) is 0 Å². The fourth-order valence-corrected chi connectivity index (χ4v) is 1.91. The van der Waals surface area contributed by atoms with Gasteiger partial charge in [-0.25, -0.2) is 4.79 Å². The van der Waals surface area contributed by atoms with E-state index in [-0.39, 0.29) is 6.61 Å². The lowest BCUT2D eigenvalue weighted by Gasteiger charge is -2.14. The molecule has 6 nitrogen and oxygen atoms in total. The number of nitrogens with one attached hydrogen (secondary N) is 1. The van der Waals surface area contributed by atoms with Gasteiger partial charge in [-0.05, 0) is 17.1 Å². The highest BCUT2D eigenvalue weighted by Crippen LogP contribution is 2.19. The summed E-state index contributed by atoms with van der Waals surface area (Å²) in [5.41, 5.74) is -0.691. The molecule has 0 amide bonds. The molecule has 18 heavy (non-hydrogen) atoms. The Morgan fingerprint density at radius 1 is 1.50 bits per heavy atom. The maximum Gasteiger partial charge on any atom is 0.330 e. The monoisotopic (exact) mass is 314 g/mol. The molecular weight excluding hydrogens is 304 g/mol. The largest absolute Gasteiger partial charge is 0.393 e. The van der Waals surface area contributed by atoms with Crippen molar-refractivity contribution >= 4 is 22.0 Å². The molecule has 0 aliphatic carbocycles. The molecule has 0 radical (unpaired) electrons. The van der Waals surface area contributed by atoms with Gasteiger partial charge in [-0.3, -0.25) is 14.3 Å². The number of rotatable bonds is 3. The molecule has 0 saturated heterocycles. The fraction of sp³-hybridized carbons (Fsp3) is 0.273. The van der Waals surface area contributed by atoms with Crippen LogP contribution in [0, 0.1) is 0 Å². The Kier molecular flexibility index (Phi) is 3.95. The predicted octanol–water partition coefficient (Wildman–Crippen LogP) is 0.348. The second kappa shape index (κ2) is 5.47. The van der Waals surface area contributed by atoms with Gasteiger partial charge in [-0.2, -0.15) is 0 Å². The summed E-state index contributed by atoms with van der Waals surface area (Å²) in [6.07, 6.45) is 5.22. The molecule has 1 aromatic rings. The van der Waals surface area contributed by atoms with Gasteiger partial charge >= 0.3 is 5.69 Å². The van der Waals surface area contributed by atoms with Crippen LogP contribution < -0.4 is 11.2 Å². The van der Waals surface area contributed by atoms with Crippen molar-refractivity contribution in [3.63, 3.8) is 0 Å². The van der Waals surface area contributed by atoms with Gasteiger partial charge in [0.25, 0.3) is 5.56 Å². The first-order chi connectivity index (χ1) is 8.65. The number of aliphatic hydroxyl groups excluding tert-OH is 1. The molecule has 96 valence electrons. The minimum atomic E-state index is -0.617. The Labute approximate surface area is 110 Å². The topological polar surface area (TPSA) is 84.3 Å². The minimum Gasteiger partial charge on any atom is -0.393 e. The fourth-order valence-electron chi connectivity index (χ4n) is 1.63. The molecule has 2 N–H and O–H groups in total. The van der Waals surface area contributed by atoms with E-state index in [2.05, 4.69) is 20.9 Å². The van der Waals surface area contributed by atoms with E-state index in [1.165, 1.54) is 21.8 Å². The summed E-state index contributed by atoms with van der Waals surface area (Å²) in [6, 6.07) is 0. The van der Waals surface area contributed by atoms with Gasteiger partial charge in [0.05, 0.1) is 12.2 Å². The standard InChI is InChI=1S/C11H11BrN2O4/c12-4-3-7-5-14(11(17)13-10(7)16)9-2-1-8(6-15)18-9/h1-5,8-9,15H,6H2,(H,13,16,17)/t8-,9+/m0/s1. The highest BCUT2D eigenvalue weighted by atomic mass is 79.9. The Hall–Kier alpha value is -1.44. The van der Waals surface area contributed by atoms with Gasteiger partial charge in [-0.1, -0.05) is 22.0 Å². The average molecular weight is 315 g/mol. The highest BCUT2D eigenvalue weighted by molar-refractivity contribution is 9.11. The number of halogens is 1. The number of ether oxygens (including phenoxy) is 1. The van der Waals surface area contributed by atoms with Crippen LogP contribution in [0.5, 0.6) is 0 Å². The number of hydrogen-bond acceptors (Lipinski definition) is 4. The van der Waals surface area contributed by atoms with Crippen molar-refractivity contribution in [3.8, 4) is 0 Å². The zero-order chi connectivity index (χ0) is 13.1. The predicted molar refractivity (Wildman–Crippen MR) is 69.4 cm³/mol. The van der Waals surface area contributed by atoms with E-state index < -0.39 is 23.6 Å². The number of aliphatic hydroxyl groups is 1. The molecule has 2 atom stereocenters. The summed E-state index contributed by atoms with van der Waals surface area (Å²) in [7, 11) is 0. The SMILES string of the molecule is O=c1[nH]c(=O)n([C@H]2C=C[C@@H](CO)O2)cc1C=CBr. The normalized spacial score (nSPS) is 23.0. The summed E-state index contributed by atoms with van der Waals surface area (Å²) < 4.78 is 6.65. The zero-order valence-corrected chi connectivity index (χ0v) is 10.8. The van der Waals surface area contributed by atoms with Gasteiger partial charge in [0.15, 0.2) is 6.23 Å². The van der Waals surface area contributed by atoms with Crippen molar-refractivity contribution < 1.29 is 9.84 Å². The van der Waals surface area contributed by atoms with Crippen molar-refractivity contribution in [1.82, 2.24) is 9.55 Å². The summed E-state index contributed by atoms with van der Waals surface area (Å²) >= 11 is 3.07. The molecule has 0 spiro atoms. The Balaban J connectivity index is 2.40. The number of aromatic nitrogens is 2. The number of nitrogens with zero attached hydrogens (tertiary/aromatic N) is 1. The molecule has 0 saturated carbocycles. The van der Waals surface area contributed by atoms with Crippen molar-refractivity contribution in [2.45, 2.75) is 12.3 Å². The van der Waals surface area contributed by atoms with Crippen molar-refractivity contribution in [3.05, 3.63) is 49.7 Å². The van der Waals surface area contributed by atoms with Crippen LogP contribution in [-0.4, -0.2) is 27.4 Å². The lowest BCUT2D eigenvalue weighted by atomic mass is 10.3. The first kappa shape index (κ1) is 13.0. The van der Waals surface area contributed by atoms with E-state index >= 15 is 0 Å². The maximum atomic E-state index is 11.7. The number of H-pyrrole nitrogens is 1. The van der Waals surface area contributed by atoms with Gasteiger partial charge in [0.2, 0.25) is 0 Å². The molecule has 1 aliphatic rings. The Morgan fingerprint density at radius 2 is 2.28 bits per heavy atom. The van der Waals surface area contributed by atoms with E-state index in [1.807, 2.05) is 0 Å². The third kappa shape index (κ3) is 2.53. The highest BCUT2D eigenvalue weighted by Gasteiger charge is 2.21. The van der Waals surface area contributed by atoms with Crippen LogP contribution in [0.3, 0.4) is 0 Å². The average Bonchev–Trinajstić information content (AvgIpc) is 2.81. The molecule has 2 heterocycles. The summed E-state index contributed by atoms with van der Waals surface area (Å²) in [5.74, 6) is 0. The second-order valence-electron chi connectivity index (χ2n) is 3.68. The molecular formula is C11H11BrN2O4. The van der Waals surface area contributed by atoms with Crippen molar-refractivity contribution in [2.75, 3.05) is 6.61 Å². The van der Waals surface area contributed by atoms with Gasteiger partial charge in [-0.15, -0.1) is 0 Å². The molecule has 0 fully saturated rings. The van der Waals surface area contributed by atoms with E-state index in [0.29, 0.717) is 5.56 Å².